The summed E-state index contributed by atoms with van der Waals surface area (Å²) in [5.74, 6) is 0. The summed E-state index contributed by atoms with van der Waals surface area (Å²) in [6, 6.07) is 0. The molecule has 0 radical (unpaired) electrons. The molecule has 1 aliphatic carbocycles. The van der Waals surface area contributed by atoms with E-state index in [1.165, 1.54) is 12.8 Å². The topological polar surface area (TPSA) is 23.5 Å². The molecule has 1 fully saturated rings. The maximum absolute atomic E-state index is 9.07. The van der Waals surface area contributed by atoms with Gasteiger partial charge < -0.3 is 10.0 Å². The van der Waals surface area contributed by atoms with Crippen molar-refractivity contribution in [3.8, 4) is 0 Å². The average Bonchev–Trinajstić information content (AvgIpc) is 2.81. The molecule has 1 N–H and O–H groups in total. The summed E-state index contributed by atoms with van der Waals surface area (Å²) < 4.78 is 0. The molecule has 0 heterocycles. The molecular weight excluding hydrogens is 138 g/mol. The molecule has 0 aromatic carbocycles. The van der Waals surface area contributed by atoms with Gasteiger partial charge in [0.25, 0.3) is 0 Å². The van der Waals surface area contributed by atoms with Crippen LogP contribution in [-0.4, -0.2) is 36.2 Å². The Balaban J connectivity index is 2.27. The van der Waals surface area contributed by atoms with E-state index in [1.54, 1.807) is 0 Å². The van der Waals surface area contributed by atoms with E-state index < -0.39 is 0 Å². The molecular formula is C9H19NO. The van der Waals surface area contributed by atoms with Crippen molar-refractivity contribution in [3.63, 3.8) is 0 Å². The van der Waals surface area contributed by atoms with Gasteiger partial charge in [0.1, 0.15) is 0 Å². The second kappa shape index (κ2) is 3.55. The fraction of sp³-hybridized carbons (Fsp3) is 1.00. The number of aliphatic hydroxyl groups excluding tert-OH is 1. The van der Waals surface area contributed by atoms with Crippen LogP contribution in [0.3, 0.4) is 0 Å². The molecule has 0 unspecified atom stereocenters. The number of rotatable bonds is 5. The van der Waals surface area contributed by atoms with E-state index in [0.29, 0.717) is 12.0 Å². The number of hydrogen-bond acceptors (Lipinski definition) is 2. The SMILES string of the molecule is CCN(CC)CC1(CO)CC1. The molecule has 1 rings (SSSR count). The first-order valence-corrected chi connectivity index (χ1v) is 4.59. The Labute approximate surface area is 69.2 Å². The summed E-state index contributed by atoms with van der Waals surface area (Å²) in [7, 11) is 0. The summed E-state index contributed by atoms with van der Waals surface area (Å²) in [5.41, 5.74) is 0.298. The molecule has 0 spiro atoms. The van der Waals surface area contributed by atoms with Crippen molar-refractivity contribution in [2.45, 2.75) is 26.7 Å². The quantitative estimate of drug-likeness (QED) is 0.646. The molecule has 2 heteroatoms. The third-order valence-electron chi connectivity index (χ3n) is 2.75. The monoisotopic (exact) mass is 157 g/mol. The van der Waals surface area contributed by atoms with E-state index in [0.717, 1.165) is 19.6 Å². The minimum Gasteiger partial charge on any atom is -0.396 e. The molecule has 2 nitrogen and oxygen atoms in total. The maximum atomic E-state index is 9.07. The highest BCUT2D eigenvalue weighted by atomic mass is 16.3. The normalized spacial score (nSPS) is 20.7. The Morgan fingerprint density at radius 1 is 1.27 bits per heavy atom. The fourth-order valence-electron chi connectivity index (χ4n) is 1.46. The zero-order valence-corrected chi connectivity index (χ0v) is 7.64. The smallest absolute Gasteiger partial charge is 0.0499 e. The molecule has 11 heavy (non-hydrogen) atoms. The second-order valence-electron chi connectivity index (χ2n) is 3.62. The lowest BCUT2D eigenvalue weighted by atomic mass is 10.1. The highest BCUT2D eigenvalue weighted by Gasteiger charge is 2.42. The largest absolute Gasteiger partial charge is 0.396 e. The van der Waals surface area contributed by atoms with Crippen molar-refractivity contribution in [1.29, 1.82) is 0 Å². The van der Waals surface area contributed by atoms with Crippen molar-refractivity contribution in [3.05, 3.63) is 0 Å². The third-order valence-corrected chi connectivity index (χ3v) is 2.75. The van der Waals surface area contributed by atoms with Crippen molar-refractivity contribution >= 4 is 0 Å². The Hall–Kier alpha value is -0.0800. The van der Waals surface area contributed by atoms with Crippen molar-refractivity contribution < 1.29 is 5.11 Å². The van der Waals surface area contributed by atoms with Crippen LogP contribution in [0.4, 0.5) is 0 Å². The lowest BCUT2D eigenvalue weighted by Crippen LogP contribution is -2.31. The van der Waals surface area contributed by atoms with Crippen LogP contribution in [0.15, 0.2) is 0 Å². The maximum Gasteiger partial charge on any atom is 0.0499 e. The van der Waals surface area contributed by atoms with Crippen molar-refractivity contribution in [2.75, 3.05) is 26.2 Å². The molecule has 0 amide bonds. The fourth-order valence-corrected chi connectivity index (χ4v) is 1.46. The Morgan fingerprint density at radius 3 is 2.09 bits per heavy atom. The van der Waals surface area contributed by atoms with Gasteiger partial charge in [-0.05, 0) is 25.9 Å². The zero-order valence-electron chi connectivity index (χ0n) is 7.64. The van der Waals surface area contributed by atoms with E-state index in [4.69, 9.17) is 5.11 Å². The van der Waals surface area contributed by atoms with Gasteiger partial charge in [0, 0.05) is 18.6 Å². The van der Waals surface area contributed by atoms with E-state index in [-0.39, 0.29) is 0 Å². The van der Waals surface area contributed by atoms with E-state index >= 15 is 0 Å². The van der Waals surface area contributed by atoms with Crippen LogP contribution in [-0.2, 0) is 0 Å². The molecule has 0 aromatic rings. The van der Waals surface area contributed by atoms with Crippen LogP contribution in [0, 0.1) is 5.41 Å². The van der Waals surface area contributed by atoms with Gasteiger partial charge in [-0.15, -0.1) is 0 Å². The molecule has 66 valence electrons. The standard InChI is InChI=1S/C9H19NO/c1-3-10(4-2)7-9(8-11)5-6-9/h11H,3-8H2,1-2H3. The molecule has 0 aliphatic heterocycles. The van der Waals surface area contributed by atoms with Gasteiger partial charge in [-0.2, -0.15) is 0 Å². The summed E-state index contributed by atoms with van der Waals surface area (Å²) >= 11 is 0. The Kier molecular flexibility index (Phi) is 2.90. The molecule has 0 atom stereocenters. The molecule has 0 bridgehead atoms. The van der Waals surface area contributed by atoms with Crippen LogP contribution in [0.5, 0.6) is 0 Å². The number of aliphatic hydroxyl groups is 1. The molecule has 0 aromatic heterocycles. The predicted molar refractivity (Wildman–Crippen MR) is 46.5 cm³/mol. The summed E-state index contributed by atoms with van der Waals surface area (Å²) in [5, 5.41) is 9.07. The van der Waals surface area contributed by atoms with Gasteiger partial charge in [0.05, 0.1) is 0 Å². The van der Waals surface area contributed by atoms with Crippen LogP contribution < -0.4 is 0 Å². The summed E-state index contributed by atoms with van der Waals surface area (Å²) in [4.78, 5) is 2.39. The van der Waals surface area contributed by atoms with E-state index in [9.17, 15) is 0 Å². The first kappa shape index (κ1) is 9.01. The average molecular weight is 157 g/mol. The predicted octanol–water partition coefficient (Wildman–Crippen LogP) is 1.10. The number of hydrogen-bond donors (Lipinski definition) is 1. The van der Waals surface area contributed by atoms with Crippen LogP contribution >= 0.6 is 0 Å². The van der Waals surface area contributed by atoms with Crippen molar-refractivity contribution in [2.24, 2.45) is 5.41 Å². The van der Waals surface area contributed by atoms with Crippen LogP contribution in [0.1, 0.15) is 26.7 Å². The van der Waals surface area contributed by atoms with Gasteiger partial charge >= 0.3 is 0 Å². The lowest BCUT2D eigenvalue weighted by Gasteiger charge is -2.23. The van der Waals surface area contributed by atoms with Gasteiger partial charge in [-0.1, -0.05) is 13.8 Å². The van der Waals surface area contributed by atoms with Crippen LogP contribution in [0.25, 0.3) is 0 Å². The van der Waals surface area contributed by atoms with E-state index in [2.05, 4.69) is 18.7 Å². The number of nitrogens with zero attached hydrogens (tertiary/aromatic N) is 1. The van der Waals surface area contributed by atoms with Gasteiger partial charge in [-0.3, -0.25) is 0 Å². The third kappa shape index (κ3) is 2.17. The minimum absolute atomic E-state index is 0.298. The highest BCUT2D eigenvalue weighted by molar-refractivity contribution is 4.94. The zero-order chi connectivity index (χ0) is 8.32. The lowest BCUT2D eigenvalue weighted by molar-refractivity contribution is 0.155. The molecule has 1 saturated carbocycles. The molecule has 0 saturated heterocycles. The van der Waals surface area contributed by atoms with Crippen molar-refractivity contribution in [1.82, 2.24) is 4.90 Å². The van der Waals surface area contributed by atoms with E-state index in [1.807, 2.05) is 0 Å². The summed E-state index contributed by atoms with van der Waals surface area (Å²) in [6.07, 6.45) is 2.44. The Bertz CT molecular complexity index is 117. The summed E-state index contributed by atoms with van der Waals surface area (Å²) in [6.45, 7) is 8.05. The molecule has 1 aliphatic rings. The first-order valence-electron chi connectivity index (χ1n) is 4.59. The van der Waals surface area contributed by atoms with Gasteiger partial charge in [0.2, 0.25) is 0 Å². The van der Waals surface area contributed by atoms with Gasteiger partial charge in [-0.25, -0.2) is 0 Å². The minimum atomic E-state index is 0.298. The van der Waals surface area contributed by atoms with Crippen LogP contribution in [0.2, 0.25) is 0 Å². The Morgan fingerprint density at radius 2 is 1.82 bits per heavy atom. The first-order chi connectivity index (χ1) is 5.26. The second-order valence-corrected chi connectivity index (χ2v) is 3.62. The van der Waals surface area contributed by atoms with Gasteiger partial charge in [0.15, 0.2) is 0 Å². The highest BCUT2D eigenvalue weighted by Crippen LogP contribution is 2.45.